The van der Waals surface area contributed by atoms with Crippen molar-refractivity contribution in [1.29, 1.82) is 0 Å². The molecule has 0 bridgehead atoms. The summed E-state index contributed by atoms with van der Waals surface area (Å²) in [4.78, 5) is 19.1. The highest BCUT2D eigenvalue weighted by Gasteiger charge is 2.24. The lowest BCUT2D eigenvalue weighted by Gasteiger charge is -2.31. The molecule has 1 aromatic rings. The van der Waals surface area contributed by atoms with Gasteiger partial charge < -0.3 is 19.2 Å². The maximum absolute atomic E-state index is 12.6. The molecule has 2 N–H and O–H groups in total. The number of carbonyl (C=O) groups is 1. The Labute approximate surface area is 124 Å². The largest absolute Gasteiger partial charge is 0.497 e. The average molecular weight is 294 g/mol. The Bertz CT molecular complexity index is 462. The van der Waals surface area contributed by atoms with Crippen LogP contribution in [0.5, 0.6) is 11.5 Å². The fourth-order valence-corrected chi connectivity index (χ4v) is 2.55. The zero-order valence-corrected chi connectivity index (χ0v) is 12.5. The van der Waals surface area contributed by atoms with Crippen molar-refractivity contribution < 1.29 is 19.1 Å². The molecule has 0 atom stereocenters. The second-order valence-corrected chi connectivity index (χ2v) is 5.17. The third-order valence-corrected chi connectivity index (χ3v) is 3.83. The van der Waals surface area contributed by atoms with Gasteiger partial charge in [0.2, 0.25) is 0 Å². The molecular weight excluding hydrogens is 272 g/mol. The summed E-state index contributed by atoms with van der Waals surface area (Å²) in [5.41, 5.74) is 0.583. The first kappa shape index (κ1) is 15.6. The molecule has 6 nitrogen and oxygen atoms in total. The summed E-state index contributed by atoms with van der Waals surface area (Å²) in [5, 5.41) is 0. The van der Waals surface area contributed by atoms with E-state index in [1.54, 1.807) is 32.4 Å². The predicted octanol–water partition coefficient (Wildman–Crippen LogP) is 1.45. The minimum atomic E-state index is -0.000633. The van der Waals surface area contributed by atoms with Crippen LogP contribution in [0.3, 0.4) is 0 Å². The van der Waals surface area contributed by atoms with Gasteiger partial charge in [0.1, 0.15) is 11.5 Å². The van der Waals surface area contributed by atoms with Crippen LogP contribution < -0.4 is 15.4 Å². The van der Waals surface area contributed by atoms with E-state index in [2.05, 4.69) is 4.84 Å². The van der Waals surface area contributed by atoms with Gasteiger partial charge >= 0.3 is 0 Å². The second-order valence-electron chi connectivity index (χ2n) is 5.17. The van der Waals surface area contributed by atoms with E-state index in [0.717, 1.165) is 12.8 Å². The molecule has 1 fully saturated rings. The van der Waals surface area contributed by atoms with Gasteiger partial charge in [-0.3, -0.25) is 4.79 Å². The highest BCUT2D eigenvalue weighted by Crippen LogP contribution is 2.25. The van der Waals surface area contributed by atoms with Gasteiger partial charge in [0.15, 0.2) is 0 Å². The molecule has 0 unspecified atom stereocenters. The molecule has 0 aliphatic carbocycles. The zero-order valence-electron chi connectivity index (χ0n) is 12.5. The van der Waals surface area contributed by atoms with Crippen LogP contribution >= 0.6 is 0 Å². The highest BCUT2D eigenvalue weighted by molar-refractivity contribution is 5.95. The maximum Gasteiger partial charge on any atom is 0.254 e. The monoisotopic (exact) mass is 294 g/mol. The number of methoxy groups -OCH3 is 2. The molecule has 2 rings (SSSR count). The number of hydrogen-bond donors (Lipinski definition) is 1. The summed E-state index contributed by atoms with van der Waals surface area (Å²) in [5.74, 6) is 6.76. The molecule has 1 heterocycles. The first-order valence-corrected chi connectivity index (χ1v) is 7.02. The van der Waals surface area contributed by atoms with Crippen LogP contribution in [0.15, 0.2) is 18.2 Å². The molecule has 0 aromatic heterocycles. The molecule has 0 saturated carbocycles. The number of piperidine rings is 1. The number of nitrogens with two attached hydrogens (primary N) is 1. The lowest BCUT2D eigenvalue weighted by Crippen LogP contribution is -2.39. The van der Waals surface area contributed by atoms with E-state index in [0.29, 0.717) is 42.7 Å². The summed E-state index contributed by atoms with van der Waals surface area (Å²) in [6.07, 6.45) is 1.81. The van der Waals surface area contributed by atoms with Crippen LogP contribution in [-0.2, 0) is 4.84 Å². The van der Waals surface area contributed by atoms with Gasteiger partial charge in [0, 0.05) is 24.7 Å². The lowest BCUT2D eigenvalue weighted by atomic mass is 9.97. The van der Waals surface area contributed by atoms with Crippen molar-refractivity contribution in [1.82, 2.24) is 4.90 Å². The molecular formula is C15H22N2O4. The zero-order chi connectivity index (χ0) is 15.2. The SMILES string of the molecule is COc1cc(OC)cc(C(=O)N2CCC(CON)CC2)c1. The van der Waals surface area contributed by atoms with Crippen molar-refractivity contribution in [3.63, 3.8) is 0 Å². The third kappa shape index (κ3) is 3.86. The minimum Gasteiger partial charge on any atom is -0.497 e. The highest BCUT2D eigenvalue weighted by atomic mass is 16.6. The summed E-state index contributed by atoms with van der Waals surface area (Å²) in [7, 11) is 3.14. The maximum atomic E-state index is 12.6. The number of benzene rings is 1. The van der Waals surface area contributed by atoms with E-state index in [4.69, 9.17) is 15.4 Å². The van der Waals surface area contributed by atoms with Crippen LogP contribution in [0.4, 0.5) is 0 Å². The van der Waals surface area contributed by atoms with Crippen molar-refractivity contribution in [3.05, 3.63) is 23.8 Å². The number of carbonyl (C=O) groups excluding carboxylic acids is 1. The molecule has 1 aliphatic rings. The van der Waals surface area contributed by atoms with E-state index in [-0.39, 0.29) is 5.91 Å². The van der Waals surface area contributed by atoms with Crippen LogP contribution in [0.1, 0.15) is 23.2 Å². The fraction of sp³-hybridized carbons (Fsp3) is 0.533. The first-order chi connectivity index (χ1) is 10.2. The molecule has 21 heavy (non-hydrogen) atoms. The van der Waals surface area contributed by atoms with E-state index in [1.807, 2.05) is 4.90 Å². The van der Waals surface area contributed by atoms with E-state index >= 15 is 0 Å². The van der Waals surface area contributed by atoms with Crippen molar-refractivity contribution in [3.8, 4) is 11.5 Å². The van der Waals surface area contributed by atoms with Gasteiger partial charge in [0.05, 0.1) is 20.8 Å². The molecule has 116 valence electrons. The Hall–Kier alpha value is -1.79. The van der Waals surface area contributed by atoms with Crippen molar-refractivity contribution in [2.45, 2.75) is 12.8 Å². The molecule has 1 aromatic carbocycles. The van der Waals surface area contributed by atoms with Gasteiger partial charge in [-0.2, -0.15) is 0 Å². The van der Waals surface area contributed by atoms with Gasteiger partial charge in [0.25, 0.3) is 5.91 Å². The average Bonchev–Trinajstić information content (AvgIpc) is 2.54. The van der Waals surface area contributed by atoms with E-state index in [1.165, 1.54) is 0 Å². The Morgan fingerprint density at radius 2 is 1.76 bits per heavy atom. The topological polar surface area (TPSA) is 74.0 Å². The Balaban J connectivity index is 2.06. The van der Waals surface area contributed by atoms with Gasteiger partial charge in [-0.15, -0.1) is 0 Å². The number of nitrogens with zero attached hydrogens (tertiary/aromatic N) is 1. The normalized spacial score (nSPS) is 15.9. The standard InChI is InChI=1S/C15H22N2O4/c1-19-13-7-12(8-14(9-13)20-2)15(18)17-5-3-11(4-6-17)10-21-16/h7-9,11H,3-6,10,16H2,1-2H3. The van der Waals surface area contributed by atoms with Gasteiger partial charge in [-0.25, -0.2) is 5.90 Å². The van der Waals surface area contributed by atoms with Crippen molar-refractivity contribution >= 4 is 5.91 Å². The molecule has 0 radical (unpaired) electrons. The van der Waals surface area contributed by atoms with Crippen molar-refractivity contribution in [2.75, 3.05) is 33.9 Å². The molecule has 0 spiro atoms. The molecule has 1 aliphatic heterocycles. The number of likely N-dealkylation sites (tertiary alicyclic amines) is 1. The predicted molar refractivity (Wildman–Crippen MR) is 78.3 cm³/mol. The minimum absolute atomic E-state index is 0.000633. The first-order valence-electron chi connectivity index (χ1n) is 7.02. The van der Waals surface area contributed by atoms with Gasteiger partial charge in [-0.05, 0) is 30.9 Å². The lowest BCUT2D eigenvalue weighted by molar-refractivity contribution is 0.0525. The number of amides is 1. The van der Waals surface area contributed by atoms with Crippen molar-refractivity contribution in [2.24, 2.45) is 11.8 Å². The summed E-state index contributed by atoms with van der Waals surface area (Å²) >= 11 is 0. The van der Waals surface area contributed by atoms with Gasteiger partial charge in [-0.1, -0.05) is 0 Å². The molecule has 6 heteroatoms. The van der Waals surface area contributed by atoms with Crippen LogP contribution in [0.25, 0.3) is 0 Å². The molecule has 1 amide bonds. The van der Waals surface area contributed by atoms with Crippen LogP contribution in [0, 0.1) is 5.92 Å². The van der Waals surface area contributed by atoms with E-state index in [9.17, 15) is 4.79 Å². The Morgan fingerprint density at radius 1 is 1.19 bits per heavy atom. The molecule has 1 saturated heterocycles. The van der Waals surface area contributed by atoms with Crippen LogP contribution in [0.2, 0.25) is 0 Å². The Kier molecular flexibility index (Phi) is 5.41. The number of ether oxygens (including phenoxy) is 2. The summed E-state index contributed by atoms with van der Waals surface area (Å²) in [6, 6.07) is 5.22. The summed E-state index contributed by atoms with van der Waals surface area (Å²) < 4.78 is 10.4. The quantitative estimate of drug-likeness (QED) is 0.832. The second kappa shape index (κ2) is 7.28. The van der Waals surface area contributed by atoms with E-state index < -0.39 is 0 Å². The number of rotatable bonds is 5. The summed E-state index contributed by atoms with van der Waals surface area (Å²) in [6.45, 7) is 1.98. The number of hydrogen-bond acceptors (Lipinski definition) is 5. The Morgan fingerprint density at radius 3 is 2.24 bits per heavy atom. The third-order valence-electron chi connectivity index (χ3n) is 3.83. The smallest absolute Gasteiger partial charge is 0.254 e. The van der Waals surface area contributed by atoms with Crippen LogP contribution in [-0.4, -0.2) is 44.7 Å². The fourth-order valence-electron chi connectivity index (χ4n) is 2.55.